The number of hydrogen-bond donors (Lipinski definition) is 2. The van der Waals surface area contributed by atoms with Gasteiger partial charge in [0, 0.05) is 22.6 Å². The van der Waals surface area contributed by atoms with Crippen LogP contribution in [0.15, 0.2) is 41.3 Å². The number of fused-ring (bicyclic) bond motifs is 1. The highest BCUT2D eigenvalue weighted by Gasteiger charge is 2.24. The second-order valence-electron chi connectivity index (χ2n) is 5.67. The minimum absolute atomic E-state index is 0.0935. The summed E-state index contributed by atoms with van der Waals surface area (Å²) in [5.41, 5.74) is 1.96. The number of amides is 2. The summed E-state index contributed by atoms with van der Waals surface area (Å²) in [6.07, 6.45) is 0. The molecule has 0 fully saturated rings. The average Bonchev–Trinajstić information content (AvgIpc) is 2.57. The van der Waals surface area contributed by atoms with Crippen LogP contribution in [0.5, 0.6) is 0 Å². The number of benzene rings is 2. The molecule has 1 heterocycles. The Morgan fingerprint density at radius 3 is 2.76 bits per heavy atom. The van der Waals surface area contributed by atoms with Gasteiger partial charge in [0.1, 0.15) is 0 Å². The molecule has 1 atom stereocenters. The number of carbonyl (C=O) groups excluding carboxylic acids is 2. The molecule has 0 bridgehead atoms. The first-order valence-electron chi connectivity index (χ1n) is 7.53. The molecule has 0 spiro atoms. The van der Waals surface area contributed by atoms with E-state index in [0.717, 1.165) is 10.5 Å². The summed E-state index contributed by atoms with van der Waals surface area (Å²) in [7, 11) is 0. The summed E-state index contributed by atoms with van der Waals surface area (Å²) in [4.78, 5) is 35.5. The van der Waals surface area contributed by atoms with Gasteiger partial charge in [-0.15, -0.1) is 11.8 Å². The fourth-order valence-electron chi connectivity index (χ4n) is 2.40. The molecule has 0 aromatic heterocycles. The molecule has 2 aromatic carbocycles. The summed E-state index contributed by atoms with van der Waals surface area (Å²) in [6.45, 7) is 3.57. The fourth-order valence-corrected chi connectivity index (χ4v) is 3.33. The molecule has 0 unspecified atom stereocenters. The Balaban J connectivity index is 1.85. The molecule has 1 aliphatic rings. The van der Waals surface area contributed by atoms with Gasteiger partial charge in [0.25, 0.3) is 11.6 Å². The van der Waals surface area contributed by atoms with Gasteiger partial charge in [-0.25, -0.2) is 0 Å². The fraction of sp³-hybridized carbons (Fsp3) is 0.176. The molecule has 8 heteroatoms. The number of anilines is 2. The predicted octanol–water partition coefficient (Wildman–Crippen LogP) is 3.59. The van der Waals surface area contributed by atoms with Crippen molar-refractivity contribution in [3.63, 3.8) is 0 Å². The molecule has 128 valence electrons. The minimum atomic E-state index is -0.512. The maximum atomic E-state index is 12.5. The van der Waals surface area contributed by atoms with Gasteiger partial charge in [-0.3, -0.25) is 19.7 Å². The van der Waals surface area contributed by atoms with Crippen molar-refractivity contribution in [3.05, 3.63) is 57.6 Å². The summed E-state index contributed by atoms with van der Waals surface area (Å²) in [5, 5.41) is 16.2. The molecule has 2 aromatic rings. The maximum absolute atomic E-state index is 12.5. The van der Waals surface area contributed by atoms with Crippen LogP contribution in [0.25, 0.3) is 0 Å². The van der Waals surface area contributed by atoms with Crippen LogP contribution in [0, 0.1) is 17.0 Å². The smallest absolute Gasteiger partial charge is 0.271 e. The average molecular weight is 357 g/mol. The van der Waals surface area contributed by atoms with Crippen LogP contribution in [0.1, 0.15) is 22.8 Å². The molecule has 2 amide bonds. The first kappa shape index (κ1) is 17.0. The van der Waals surface area contributed by atoms with Crippen LogP contribution in [0.4, 0.5) is 17.1 Å². The van der Waals surface area contributed by atoms with Crippen molar-refractivity contribution in [3.8, 4) is 0 Å². The molecule has 2 N–H and O–H groups in total. The number of nitrogens with zero attached hydrogens (tertiary/aromatic N) is 1. The maximum Gasteiger partial charge on any atom is 0.271 e. The highest BCUT2D eigenvalue weighted by molar-refractivity contribution is 8.00. The quantitative estimate of drug-likeness (QED) is 0.646. The molecule has 7 nitrogen and oxygen atoms in total. The van der Waals surface area contributed by atoms with Crippen molar-refractivity contribution in [1.82, 2.24) is 0 Å². The number of thioether (sulfide) groups is 1. The summed E-state index contributed by atoms with van der Waals surface area (Å²) < 4.78 is 0. The van der Waals surface area contributed by atoms with E-state index < -0.39 is 10.8 Å². The van der Waals surface area contributed by atoms with Gasteiger partial charge < -0.3 is 10.6 Å². The number of hydrogen-bond acceptors (Lipinski definition) is 5. The number of nitro benzene ring substituents is 1. The second-order valence-corrected chi connectivity index (χ2v) is 7.05. The second kappa shape index (κ2) is 6.56. The Labute approximate surface area is 148 Å². The van der Waals surface area contributed by atoms with E-state index in [9.17, 15) is 19.7 Å². The van der Waals surface area contributed by atoms with E-state index in [4.69, 9.17) is 0 Å². The van der Waals surface area contributed by atoms with Crippen molar-refractivity contribution < 1.29 is 14.5 Å². The number of nitrogens with one attached hydrogen (secondary N) is 2. The minimum Gasteiger partial charge on any atom is -0.324 e. The van der Waals surface area contributed by atoms with Crippen molar-refractivity contribution in [2.24, 2.45) is 0 Å². The summed E-state index contributed by atoms with van der Waals surface area (Å²) in [5.74, 6) is -0.506. The van der Waals surface area contributed by atoms with Crippen molar-refractivity contribution in [2.75, 3.05) is 10.6 Å². The largest absolute Gasteiger partial charge is 0.324 e. The third-order valence-electron chi connectivity index (χ3n) is 3.85. The van der Waals surface area contributed by atoms with E-state index in [1.807, 2.05) is 6.92 Å². The van der Waals surface area contributed by atoms with Crippen molar-refractivity contribution in [2.45, 2.75) is 24.0 Å². The van der Waals surface area contributed by atoms with Crippen LogP contribution in [0.2, 0.25) is 0 Å². The molecular formula is C17H15N3O4S. The summed E-state index contributed by atoms with van der Waals surface area (Å²) in [6, 6.07) is 9.35. The van der Waals surface area contributed by atoms with E-state index in [1.165, 1.54) is 23.9 Å². The monoisotopic (exact) mass is 357 g/mol. The van der Waals surface area contributed by atoms with Gasteiger partial charge in [0.05, 0.1) is 21.5 Å². The van der Waals surface area contributed by atoms with E-state index in [0.29, 0.717) is 16.9 Å². The topological polar surface area (TPSA) is 101 Å². The Morgan fingerprint density at radius 2 is 2.04 bits per heavy atom. The van der Waals surface area contributed by atoms with Crippen LogP contribution in [-0.4, -0.2) is 22.0 Å². The first-order chi connectivity index (χ1) is 11.8. The van der Waals surface area contributed by atoms with Crippen molar-refractivity contribution in [1.29, 1.82) is 0 Å². The normalized spacial score (nSPS) is 15.9. The Hall–Kier alpha value is -2.87. The van der Waals surface area contributed by atoms with Gasteiger partial charge in [0.15, 0.2) is 0 Å². The highest BCUT2D eigenvalue weighted by atomic mass is 32.2. The predicted molar refractivity (Wildman–Crippen MR) is 96.2 cm³/mol. The van der Waals surface area contributed by atoms with Crippen LogP contribution in [-0.2, 0) is 4.79 Å². The van der Waals surface area contributed by atoms with E-state index in [1.54, 1.807) is 31.2 Å². The number of carbonyl (C=O) groups is 2. The van der Waals surface area contributed by atoms with Crippen LogP contribution in [0.3, 0.4) is 0 Å². The lowest BCUT2D eigenvalue weighted by Crippen LogP contribution is -2.26. The standard InChI is InChI=1S/C17H15N3O4S/c1-9-3-5-12(20(23)24)8-13(9)18-17(22)11-4-6-15-14(7-11)19-16(21)10(2)25-15/h3-8,10H,1-2H3,(H,18,22)(H,19,21)/t10-/m1/s1. The van der Waals surface area contributed by atoms with E-state index in [2.05, 4.69) is 10.6 Å². The third-order valence-corrected chi connectivity index (χ3v) is 5.03. The number of aryl methyl sites for hydroxylation is 1. The molecule has 0 aliphatic carbocycles. The summed E-state index contributed by atoms with van der Waals surface area (Å²) >= 11 is 1.43. The van der Waals surface area contributed by atoms with Crippen LogP contribution >= 0.6 is 11.8 Å². The molecule has 0 saturated heterocycles. The zero-order valence-corrected chi connectivity index (χ0v) is 14.3. The van der Waals surface area contributed by atoms with Crippen LogP contribution < -0.4 is 10.6 Å². The zero-order valence-electron chi connectivity index (χ0n) is 13.5. The first-order valence-corrected chi connectivity index (χ1v) is 8.41. The van der Waals surface area contributed by atoms with Gasteiger partial charge in [-0.05, 0) is 37.6 Å². The lowest BCUT2D eigenvalue weighted by atomic mass is 10.1. The molecule has 0 radical (unpaired) electrons. The molecule has 1 aliphatic heterocycles. The highest BCUT2D eigenvalue weighted by Crippen LogP contribution is 2.36. The van der Waals surface area contributed by atoms with Gasteiger partial charge in [-0.1, -0.05) is 6.07 Å². The number of nitro groups is 1. The van der Waals surface area contributed by atoms with Gasteiger partial charge in [0.2, 0.25) is 5.91 Å². The lowest BCUT2D eigenvalue weighted by molar-refractivity contribution is -0.384. The van der Waals surface area contributed by atoms with Crippen molar-refractivity contribution >= 4 is 40.6 Å². The van der Waals surface area contributed by atoms with E-state index in [-0.39, 0.29) is 16.8 Å². The lowest BCUT2D eigenvalue weighted by Gasteiger charge is -2.21. The zero-order chi connectivity index (χ0) is 18.1. The molecular weight excluding hydrogens is 342 g/mol. The van der Waals surface area contributed by atoms with Gasteiger partial charge >= 0.3 is 0 Å². The van der Waals surface area contributed by atoms with Gasteiger partial charge in [-0.2, -0.15) is 0 Å². The Morgan fingerprint density at radius 1 is 1.28 bits per heavy atom. The van der Waals surface area contributed by atoms with E-state index >= 15 is 0 Å². The molecule has 25 heavy (non-hydrogen) atoms. The molecule has 3 rings (SSSR count). The Kier molecular flexibility index (Phi) is 4.45. The Bertz CT molecular complexity index is 897. The number of non-ortho nitro benzene ring substituents is 1. The SMILES string of the molecule is Cc1ccc([N+](=O)[O-])cc1NC(=O)c1ccc2c(c1)NC(=O)[C@@H](C)S2. The number of rotatable bonds is 3. The third kappa shape index (κ3) is 3.48. The molecule has 0 saturated carbocycles.